The van der Waals surface area contributed by atoms with Gasteiger partial charge in [-0.15, -0.1) is 0 Å². The van der Waals surface area contributed by atoms with Crippen molar-refractivity contribution in [3.63, 3.8) is 0 Å². The summed E-state index contributed by atoms with van der Waals surface area (Å²) in [5, 5.41) is 0. The molecule has 0 saturated heterocycles. The predicted octanol–water partition coefficient (Wildman–Crippen LogP) is 2.28. The standard InChI is InChI=1S/C5H8.C2H5.Am/c1-2-5-3-4-5;1-2;/h3,5H,1-2,4H2;1H2,2H3;/q-2;-1;. The maximum atomic E-state index is 3.72. The maximum Gasteiger partial charge on any atom is 0 e. The summed E-state index contributed by atoms with van der Waals surface area (Å²) in [7, 11) is 0. The normalized spacial score (nSPS) is 22.1. The van der Waals surface area contributed by atoms with Gasteiger partial charge >= 0.3 is 0 Å². The molecule has 1 aliphatic carbocycles. The second-order valence-corrected chi connectivity index (χ2v) is 1.52. The van der Waals surface area contributed by atoms with Crippen molar-refractivity contribution in [3.8, 4) is 0 Å². The SMILES string of the molecule is [Am].[CH2-]C.[CH2-]CC1[CH-]C1. The fourth-order valence-electron chi connectivity index (χ4n) is 0.332. The summed E-state index contributed by atoms with van der Waals surface area (Å²) in [4.78, 5) is 0. The van der Waals surface area contributed by atoms with Gasteiger partial charge in [0.2, 0.25) is 0 Å². The molecular weight excluding hydrogens is 327 g/mol. The summed E-state index contributed by atoms with van der Waals surface area (Å²) in [5.74, 6) is 0.898. The van der Waals surface area contributed by atoms with Crippen molar-refractivity contribution in [1.29, 1.82) is 0 Å². The summed E-state index contributed by atoms with van der Waals surface area (Å²) in [5.41, 5.74) is 0. The van der Waals surface area contributed by atoms with E-state index in [0.29, 0.717) is 0 Å². The van der Waals surface area contributed by atoms with Crippen LogP contribution in [0.4, 0.5) is 0 Å². The molecule has 0 aliphatic heterocycles. The Morgan fingerprint density at radius 2 is 2.00 bits per heavy atom. The quantitative estimate of drug-likeness (QED) is 0.643. The fourth-order valence-corrected chi connectivity index (χ4v) is 0.332. The third kappa shape index (κ3) is 6.39. The van der Waals surface area contributed by atoms with E-state index in [4.69, 9.17) is 0 Å². The molecule has 0 aromatic rings. The molecule has 1 radical (unpaired) electrons. The summed E-state index contributed by atoms with van der Waals surface area (Å²) < 4.78 is 0. The minimum atomic E-state index is 0. The molecule has 0 N–H and O–H groups in total. The van der Waals surface area contributed by atoms with Gasteiger partial charge < -0.3 is 20.3 Å². The van der Waals surface area contributed by atoms with Gasteiger partial charge in [-0.2, -0.15) is 6.92 Å². The topological polar surface area (TPSA) is 0 Å². The predicted molar refractivity (Wildman–Crippen MR) is 33.4 cm³/mol. The van der Waals surface area contributed by atoms with Crippen LogP contribution in [0.25, 0.3) is 0 Å². The molecule has 0 heterocycles. The molecule has 0 spiro atoms. The molecule has 0 aromatic carbocycles. The van der Waals surface area contributed by atoms with E-state index >= 15 is 0 Å². The molecule has 1 saturated carbocycles. The monoisotopic (exact) mass is 338 g/mol. The summed E-state index contributed by atoms with van der Waals surface area (Å²) in [6.07, 6.45) is 4.72. The van der Waals surface area contributed by atoms with E-state index in [9.17, 15) is 0 Å². The summed E-state index contributed by atoms with van der Waals surface area (Å²) in [6.45, 7) is 8.72. The molecule has 8 heavy (non-hydrogen) atoms. The van der Waals surface area contributed by atoms with Crippen LogP contribution in [0.5, 0.6) is 0 Å². The Bertz CT molecular complexity index is 31.4. The molecule has 1 unspecified atom stereocenters. The Morgan fingerprint density at radius 1 is 1.62 bits per heavy atom. The van der Waals surface area contributed by atoms with Crippen molar-refractivity contribution in [3.05, 3.63) is 20.3 Å². The van der Waals surface area contributed by atoms with Gasteiger partial charge in [-0.25, -0.2) is 18.8 Å². The van der Waals surface area contributed by atoms with Crippen molar-refractivity contribution >= 4 is 0 Å². The second-order valence-electron chi connectivity index (χ2n) is 1.52. The van der Waals surface area contributed by atoms with E-state index in [1.807, 2.05) is 0 Å². The van der Waals surface area contributed by atoms with E-state index < -0.39 is 0 Å². The summed E-state index contributed by atoms with van der Waals surface area (Å²) >= 11 is 0. The first-order valence-corrected chi connectivity index (χ1v) is 2.77. The van der Waals surface area contributed by atoms with Crippen LogP contribution < -0.4 is 0 Å². The Labute approximate surface area is 60.9 Å². The average molecular weight is 340 g/mol. The number of rotatable bonds is 1. The van der Waals surface area contributed by atoms with Gasteiger partial charge in [-0.05, 0) is 0 Å². The minimum Gasteiger partial charge on any atom is -0.346 e. The first-order chi connectivity index (χ1) is 3.43. The molecular formula is C7H13Am-3. The van der Waals surface area contributed by atoms with Crippen molar-refractivity contribution in [1.82, 2.24) is 0 Å². The van der Waals surface area contributed by atoms with Crippen LogP contribution in [-0.2, 0) is 0 Å². The number of hydrogen-bond donors (Lipinski definition) is 0. The maximum absolute atomic E-state index is 3.72. The zero-order valence-corrected chi connectivity index (χ0v) is 8.51. The first kappa shape index (κ1) is 11.2. The average Bonchev–Trinajstić information content (AvgIpc) is 2.52. The van der Waals surface area contributed by atoms with Gasteiger partial charge in [0.05, 0.1) is 0 Å². The zero-order valence-electron chi connectivity index (χ0n) is 5.36. The van der Waals surface area contributed by atoms with Crippen LogP contribution in [0.1, 0.15) is 19.8 Å². The minimum absolute atomic E-state index is 0. The van der Waals surface area contributed by atoms with Gasteiger partial charge in [0, 0.05) is 14.3 Å². The molecule has 1 fully saturated rings. The molecule has 0 bridgehead atoms. The van der Waals surface area contributed by atoms with Gasteiger partial charge in [-0.1, -0.05) is 0 Å². The molecule has 1 rings (SSSR count). The number of hydrogen-bond acceptors (Lipinski definition) is 0. The van der Waals surface area contributed by atoms with Crippen molar-refractivity contribution in [2.45, 2.75) is 19.8 Å². The van der Waals surface area contributed by atoms with Crippen LogP contribution in [0.3, 0.4) is 0 Å². The Hall–Kier alpha value is 0.390. The largest absolute Gasteiger partial charge is 0.346 e. The van der Waals surface area contributed by atoms with Crippen molar-refractivity contribution in [2.75, 3.05) is 0 Å². The van der Waals surface area contributed by atoms with Crippen LogP contribution in [0, 0.1) is 40.5 Å². The molecule has 1 atom stereocenters. The third-order valence-corrected chi connectivity index (χ3v) is 0.940. The van der Waals surface area contributed by atoms with E-state index in [1.54, 1.807) is 6.92 Å². The van der Waals surface area contributed by atoms with Crippen LogP contribution >= 0.6 is 0 Å². The molecule has 0 nitrogen and oxygen atoms in total. The first-order valence-electron chi connectivity index (χ1n) is 2.77. The summed E-state index contributed by atoms with van der Waals surface area (Å²) in [6, 6.07) is 0. The Balaban J connectivity index is 0. The molecule has 51 valence electrons. The van der Waals surface area contributed by atoms with Crippen LogP contribution in [-0.4, -0.2) is 0 Å². The van der Waals surface area contributed by atoms with Crippen LogP contribution in [0.15, 0.2) is 0 Å². The van der Waals surface area contributed by atoms with Gasteiger partial charge in [-0.3, -0.25) is 0 Å². The van der Waals surface area contributed by atoms with E-state index in [0.717, 1.165) is 12.3 Å². The van der Waals surface area contributed by atoms with Gasteiger partial charge in [0.1, 0.15) is 0 Å². The molecule has 1 aliphatic rings. The molecule has 1 heteroatoms. The fraction of sp³-hybridized carbons (Fsp3) is 0.571. The van der Waals surface area contributed by atoms with Crippen LogP contribution in [0.2, 0.25) is 0 Å². The van der Waals surface area contributed by atoms with E-state index in [-0.39, 0.29) is 14.3 Å². The zero-order chi connectivity index (χ0) is 5.70. The second kappa shape index (κ2) is 7.39. The van der Waals surface area contributed by atoms with Crippen molar-refractivity contribution < 1.29 is 14.3 Å². The van der Waals surface area contributed by atoms with Crippen molar-refractivity contribution in [2.24, 2.45) is 5.92 Å². The van der Waals surface area contributed by atoms with Gasteiger partial charge in [0.25, 0.3) is 0 Å². The van der Waals surface area contributed by atoms with Gasteiger partial charge in [0.15, 0.2) is 0 Å². The van der Waals surface area contributed by atoms with E-state index in [2.05, 4.69) is 20.3 Å². The Kier molecular flexibility index (Phi) is 10.4. The van der Waals surface area contributed by atoms with E-state index in [1.165, 1.54) is 6.42 Å². The smallest absolute Gasteiger partial charge is 0 e. The molecule has 0 amide bonds. The Morgan fingerprint density at radius 3 is 2.00 bits per heavy atom. The molecule has 0 aromatic heterocycles. The third-order valence-electron chi connectivity index (χ3n) is 0.940.